The van der Waals surface area contributed by atoms with Crippen molar-refractivity contribution in [2.45, 2.75) is 26.3 Å². The second-order valence-corrected chi connectivity index (χ2v) is 4.22. The summed E-state index contributed by atoms with van der Waals surface area (Å²) in [6.07, 6.45) is 0.848. The van der Waals surface area contributed by atoms with Crippen LogP contribution in [0.25, 0.3) is 0 Å². The maximum absolute atomic E-state index is 11.7. The highest BCUT2D eigenvalue weighted by atomic mass is 79.9. The summed E-state index contributed by atoms with van der Waals surface area (Å²) in [5.41, 5.74) is 7.36. The molecule has 76 valence electrons. The fourth-order valence-electron chi connectivity index (χ4n) is 1.33. The minimum atomic E-state index is -0.436. The molecule has 1 unspecified atom stereocenters. The average Bonchev–Trinajstić information content (AvgIpc) is 2.16. The van der Waals surface area contributed by atoms with E-state index in [4.69, 9.17) is 5.73 Å². The molecule has 0 radical (unpaired) electrons. The predicted octanol–water partition coefficient (Wildman–Crippen LogP) is 2.54. The first-order valence-corrected chi connectivity index (χ1v) is 5.43. The van der Waals surface area contributed by atoms with E-state index < -0.39 is 6.04 Å². The minimum absolute atomic E-state index is 0.00292. The summed E-state index contributed by atoms with van der Waals surface area (Å²) in [5, 5.41) is 0. The first-order valence-electron chi connectivity index (χ1n) is 4.64. The summed E-state index contributed by atoms with van der Waals surface area (Å²) in [7, 11) is 0. The molecule has 0 amide bonds. The van der Waals surface area contributed by atoms with Crippen molar-refractivity contribution in [1.29, 1.82) is 0 Å². The number of ketones is 1. The van der Waals surface area contributed by atoms with Gasteiger partial charge in [-0.1, -0.05) is 28.9 Å². The summed E-state index contributed by atoms with van der Waals surface area (Å²) >= 11 is 3.35. The van der Waals surface area contributed by atoms with E-state index >= 15 is 0 Å². The zero-order valence-electron chi connectivity index (χ0n) is 8.38. The van der Waals surface area contributed by atoms with E-state index in [0.29, 0.717) is 0 Å². The molecule has 1 aromatic rings. The quantitative estimate of drug-likeness (QED) is 0.844. The first kappa shape index (κ1) is 11.4. The highest BCUT2D eigenvalue weighted by Crippen LogP contribution is 2.18. The van der Waals surface area contributed by atoms with Gasteiger partial charge in [-0.25, -0.2) is 0 Å². The Morgan fingerprint density at radius 1 is 1.57 bits per heavy atom. The summed E-state index contributed by atoms with van der Waals surface area (Å²) in [5.74, 6) is 0.00292. The number of carbonyl (C=O) groups excluding carboxylic acids is 1. The van der Waals surface area contributed by atoms with Gasteiger partial charge in [0, 0.05) is 10.0 Å². The van der Waals surface area contributed by atoms with Gasteiger partial charge in [-0.05, 0) is 31.0 Å². The van der Waals surface area contributed by atoms with Crippen molar-refractivity contribution in [3.63, 3.8) is 0 Å². The lowest BCUT2D eigenvalue weighted by molar-refractivity contribution is 0.0967. The Bertz CT molecular complexity index is 347. The van der Waals surface area contributed by atoms with E-state index in [0.717, 1.165) is 22.0 Å². The van der Waals surface area contributed by atoms with E-state index in [1.165, 1.54) is 0 Å². The van der Waals surface area contributed by atoms with E-state index in [1.54, 1.807) is 6.92 Å². The summed E-state index contributed by atoms with van der Waals surface area (Å²) < 4.78 is 0.915. The lowest BCUT2D eigenvalue weighted by Gasteiger charge is -2.09. The molecule has 1 aromatic carbocycles. The topological polar surface area (TPSA) is 43.1 Å². The molecule has 0 aliphatic heterocycles. The van der Waals surface area contributed by atoms with Crippen LogP contribution >= 0.6 is 15.9 Å². The molecule has 0 aliphatic rings. The largest absolute Gasteiger partial charge is 0.321 e. The molecule has 0 bridgehead atoms. The number of halogens is 1. The molecule has 14 heavy (non-hydrogen) atoms. The maximum Gasteiger partial charge on any atom is 0.179 e. The van der Waals surface area contributed by atoms with Crippen LogP contribution in [0, 0.1) is 0 Å². The molecule has 1 rings (SSSR count). The average molecular weight is 256 g/mol. The van der Waals surface area contributed by atoms with Crippen molar-refractivity contribution in [3.05, 3.63) is 33.8 Å². The van der Waals surface area contributed by atoms with Crippen LogP contribution in [0.4, 0.5) is 0 Å². The fraction of sp³-hybridized carbons (Fsp3) is 0.364. The molecular formula is C11H14BrNO. The molecule has 0 aromatic heterocycles. The van der Waals surface area contributed by atoms with Crippen molar-refractivity contribution in [3.8, 4) is 0 Å². The SMILES string of the molecule is CCc1ccc(Br)cc1C(=O)C(C)N. The number of Topliss-reactive ketones (excluding diaryl/α,β-unsaturated/α-hetero) is 1. The predicted molar refractivity (Wildman–Crippen MR) is 61.5 cm³/mol. The minimum Gasteiger partial charge on any atom is -0.321 e. The molecule has 0 fully saturated rings. The van der Waals surface area contributed by atoms with Gasteiger partial charge in [-0.15, -0.1) is 0 Å². The van der Waals surface area contributed by atoms with Gasteiger partial charge < -0.3 is 5.73 Å². The van der Waals surface area contributed by atoms with Crippen molar-refractivity contribution < 1.29 is 4.79 Å². The second kappa shape index (κ2) is 4.71. The fourth-order valence-corrected chi connectivity index (χ4v) is 1.69. The van der Waals surface area contributed by atoms with Crippen LogP contribution in [0.3, 0.4) is 0 Å². The summed E-state index contributed by atoms with van der Waals surface area (Å²) in [6.45, 7) is 3.74. The monoisotopic (exact) mass is 255 g/mol. The molecule has 0 spiro atoms. The second-order valence-electron chi connectivity index (χ2n) is 3.31. The normalized spacial score (nSPS) is 12.6. The van der Waals surface area contributed by atoms with Gasteiger partial charge in [0.05, 0.1) is 6.04 Å². The number of rotatable bonds is 3. The van der Waals surface area contributed by atoms with Gasteiger partial charge in [0.1, 0.15) is 0 Å². The number of hydrogen-bond donors (Lipinski definition) is 1. The van der Waals surface area contributed by atoms with Crippen LogP contribution in [0.1, 0.15) is 29.8 Å². The third kappa shape index (κ3) is 2.42. The van der Waals surface area contributed by atoms with Gasteiger partial charge >= 0.3 is 0 Å². The van der Waals surface area contributed by atoms with Crippen molar-refractivity contribution >= 4 is 21.7 Å². The molecule has 0 saturated carbocycles. The van der Waals surface area contributed by atoms with E-state index in [9.17, 15) is 4.79 Å². The van der Waals surface area contributed by atoms with E-state index in [1.807, 2.05) is 25.1 Å². The van der Waals surface area contributed by atoms with Crippen LogP contribution in [0.15, 0.2) is 22.7 Å². The number of benzene rings is 1. The third-order valence-corrected chi connectivity index (χ3v) is 2.63. The van der Waals surface area contributed by atoms with Gasteiger partial charge in [0.25, 0.3) is 0 Å². The number of nitrogens with two attached hydrogens (primary N) is 1. The molecular weight excluding hydrogens is 242 g/mol. The van der Waals surface area contributed by atoms with Crippen LogP contribution in [-0.2, 0) is 6.42 Å². The highest BCUT2D eigenvalue weighted by Gasteiger charge is 2.14. The third-order valence-electron chi connectivity index (χ3n) is 2.13. The Balaban J connectivity index is 3.17. The van der Waals surface area contributed by atoms with E-state index in [-0.39, 0.29) is 5.78 Å². The lowest BCUT2D eigenvalue weighted by atomic mass is 9.98. The van der Waals surface area contributed by atoms with Crippen LogP contribution in [0.2, 0.25) is 0 Å². The van der Waals surface area contributed by atoms with Gasteiger partial charge in [0.2, 0.25) is 0 Å². The summed E-state index contributed by atoms with van der Waals surface area (Å²) in [4.78, 5) is 11.7. The van der Waals surface area contributed by atoms with Crippen molar-refractivity contribution in [2.75, 3.05) is 0 Å². The maximum atomic E-state index is 11.7. The Kier molecular flexibility index (Phi) is 3.84. The number of hydrogen-bond acceptors (Lipinski definition) is 2. The Hall–Kier alpha value is -0.670. The Morgan fingerprint density at radius 3 is 2.71 bits per heavy atom. The van der Waals surface area contributed by atoms with Crippen LogP contribution in [-0.4, -0.2) is 11.8 Å². The molecule has 0 heterocycles. The zero-order valence-corrected chi connectivity index (χ0v) is 9.97. The number of aryl methyl sites for hydroxylation is 1. The first-order chi connectivity index (χ1) is 6.56. The molecule has 2 N–H and O–H groups in total. The lowest BCUT2D eigenvalue weighted by Crippen LogP contribution is -2.27. The van der Waals surface area contributed by atoms with Crippen molar-refractivity contribution in [1.82, 2.24) is 0 Å². The molecule has 0 aliphatic carbocycles. The van der Waals surface area contributed by atoms with Crippen LogP contribution < -0.4 is 5.73 Å². The zero-order chi connectivity index (χ0) is 10.7. The van der Waals surface area contributed by atoms with Gasteiger partial charge in [-0.3, -0.25) is 4.79 Å². The molecule has 2 nitrogen and oxygen atoms in total. The van der Waals surface area contributed by atoms with Crippen molar-refractivity contribution in [2.24, 2.45) is 5.73 Å². The molecule has 3 heteroatoms. The molecule has 1 atom stereocenters. The summed E-state index contributed by atoms with van der Waals surface area (Å²) in [6, 6.07) is 5.30. The van der Waals surface area contributed by atoms with E-state index in [2.05, 4.69) is 15.9 Å². The number of carbonyl (C=O) groups is 1. The van der Waals surface area contributed by atoms with Crippen LogP contribution in [0.5, 0.6) is 0 Å². The Labute approximate surface area is 92.6 Å². The highest BCUT2D eigenvalue weighted by molar-refractivity contribution is 9.10. The van der Waals surface area contributed by atoms with Gasteiger partial charge in [-0.2, -0.15) is 0 Å². The van der Waals surface area contributed by atoms with Gasteiger partial charge in [0.15, 0.2) is 5.78 Å². The Morgan fingerprint density at radius 2 is 2.21 bits per heavy atom. The standard InChI is InChI=1S/C11H14BrNO/c1-3-8-4-5-9(12)6-10(8)11(14)7(2)13/h4-7H,3,13H2,1-2H3. The molecule has 0 saturated heterocycles. The smallest absolute Gasteiger partial charge is 0.179 e.